The minimum absolute atomic E-state index is 0.144. The second-order valence-corrected chi connectivity index (χ2v) is 15.1. The smallest absolute Gasteiger partial charge is 0.317 e. The highest BCUT2D eigenvalue weighted by Gasteiger charge is 2.21. The van der Waals surface area contributed by atoms with Gasteiger partial charge in [0.1, 0.15) is 0 Å². The van der Waals surface area contributed by atoms with Crippen molar-refractivity contribution in [3.63, 3.8) is 0 Å². The number of hydrogen-bond donors (Lipinski definition) is 0. The molecule has 0 unspecified atom stereocenters. The van der Waals surface area contributed by atoms with Crippen molar-refractivity contribution in [2.24, 2.45) is 0 Å². The van der Waals surface area contributed by atoms with Crippen molar-refractivity contribution in [2.75, 3.05) is 0 Å². The van der Waals surface area contributed by atoms with Crippen LogP contribution in [-0.2, 0) is 18.4 Å². The van der Waals surface area contributed by atoms with Crippen molar-refractivity contribution in [1.82, 2.24) is 0 Å². The van der Waals surface area contributed by atoms with E-state index in [0.29, 0.717) is 5.57 Å². The minimum atomic E-state index is -1.87. The molecule has 0 N–H and O–H groups in total. The van der Waals surface area contributed by atoms with Crippen molar-refractivity contribution in [3.05, 3.63) is 11.6 Å². The predicted molar refractivity (Wildman–Crippen MR) is 77.3 cm³/mol. The van der Waals surface area contributed by atoms with Crippen LogP contribution < -0.4 is 0 Å². The molecule has 6 heteroatoms. The molecule has 0 saturated carbocycles. The summed E-state index contributed by atoms with van der Waals surface area (Å²) in [4.78, 5) is 23.1. The lowest BCUT2D eigenvalue weighted by atomic mass is 10.2. The van der Waals surface area contributed by atoms with Crippen molar-refractivity contribution in [1.29, 1.82) is 0 Å². The van der Waals surface area contributed by atoms with Gasteiger partial charge in [-0.05, 0) is 46.2 Å². The first-order valence-electron chi connectivity index (χ1n) is 6.01. The van der Waals surface area contributed by atoms with Crippen molar-refractivity contribution in [3.8, 4) is 0 Å². The zero-order valence-electron chi connectivity index (χ0n) is 12.4. The highest BCUT2D eigenvalue weighted by atomic mass is 28.4. The maximum absolute atomic E-state index is 11.6. The average molecular weight is 288 g/mol. The molecule has 18 heavy (non-hydrogen) atoms. The summed E-state index contributed by atoms with van der Waals surface area (Å²) in [5, 5.41) is 0. The normalized spacial score (nSPS) is 13.2. The molecule has 0 spiro atoms. The fourth-order valence-electron chi connectivity index (χ4n) is 1.19. The molecule has 0 saturated heterocycles. The molecule has 0 aliphatic carbocycles. The molecule has 0 aliphatic rings. The van der Waals surface area contributed by atoms with Gasteiger partial charge in [0.05, 0.1) is 6.42 Å². The molecule has 0 aromatic heterocycles. The Morgan fingerprint density at radius 3 is 1.78 bits per heavy atom. The summed E-state index contributed by atoms with van der Waals surface area (Å²) in [5.41, 5.74) is 0.668. The predicted octanol–water partition coefficient (Wildman–Crippen LogP) is 3.08. The van der Waals surface area contributed by atoms with Crippen LogP contribution in [0, 0.1) is 0 Å². The lowest BCUT2D eigenvalue weighted by Crippen LogP contribution is -2.29. The van der Waals surface area contributed by atoms with Gasteiger partial charge in [-0.15, -0.1) is 0 Å². The monoisotopic (exact) mass is 288 g/mol. The van der Waals surface area contributed by atoms with Crippen LogP contribution in [0.1, 0.15) is 13.3 Å². The maximum Gasteiger partial charge on any atom is 0.317 e. The molecule has 0 radical (unpaired) electrons. The van der Waals surface area contributed by atoms with Crippen LogP contribution in [0.5, 0.6) is 0 Å². The minimum Gasteiger partial charge on any atom is -0.520 e. The van der Waals surface area contributed by atoms with Gasteiger partial charge in [0.25, 0.3) is 5.97 Å². The Morgan fingerprint density at radius 2 is 1.39 bits per heavy atom. The Hall–Kier alpha value is -0.886. The second kappa shape index (κ2) is 6.33. The van der Waals surface area contributed by atoms with E-state index in [9.17, 15) is 9.59 Å². The topological polar surface area (TPSA) is 52.6 Å². The van der Waals surface area contributed by atoms with Gasteiger partial charge in [-0.2, -0.15) is 0 Å². The summed E-state index contributed by atoms with van der Waals surface area (Å²) in [6.07, 6.45) is 1.52. The summed E-state index contributed by atoms with van der Waals surface area (Å²) in [5.74, 6) is -0.642. The Balaban J connectivity index is 4.36. The van der Waals surface area contributed by atoms with Crippen LogP contribution in [0.4, 0.5) is 0 Å². The highest BCUT2D eigenvalue weighted by Crippen LogP contribution is 2.10. The van der Waals surface area contributed by atoms with E-state index in [1.807, 2.05) is 39.3 Å². The van der Waals surface area contributed by atoms with E-state index in [4.69, 9.17) is 8.85 Å². The zero-order chi connectivity index (χ0) is 14.6. The third kappa shape index (κ3) is 10.3. The Bertz CT molecular complexity index is 348. The Kier molecular flexibility index (Phi) is 6.02. The number of hydrogen-bond acceptors (Lipinski definition) is 4. The molecule has 4 nitrogen and oxygen atoms in total. The van der Waals surface area contributed by atoms with E-state index in [1.54, 1.807) is 6.92 Å². The number of carbonyl (C=O) groups excluding carboxylic acids is 2. The number of carbonyl (C=O) groups is 2. The molecule has 0 rings (SSSR count). The van der Waals surface area contributed by atoms with E-state index in [0.717, 1.165) is 0 Å². The first kappa shape index (κ1) is 17.1. The van der Waals surface area contributed by atoms with Gasteiger partial charge in [0.15, 0.2) is 0 Å². The fraction of sp³-hybridized carbons (Fsp3) is 0.667. The van der Waals surface area contributed by atoms with E-state index in [2.05, 4.69) is 0 Å². The van der Waals surface area contributed by atoms with Crippen molar-refractivity contribution < 1.29 is 18.4 Å². The quantitative estimate of drug-likeness (QED) is 0.576. The van der Waals surface area contributed by atoms with Crippen LogP contribution >= 0.6 is 0 Å². The Morgan fingerprint density at radius 1 is 0.944 bits per heavy atom. The van der Waals surface area contributed by atoms with E-state index < -0.39 is 16.6 Å². The van der Waals surface area contributed by atoms with E-state index >= 15 is 0 Å². The molecule has 104 valence electrons. The molecular weight excluding hydrogens is 264 g/mol. The van der Waals surface area contributed by atoms with Crippen molar-refractivity contribution >= 4 is 28.6 Å². The molecule has 0 heterocycles. The van der Waals surface area contributed by atoms with Crippen LogP contribution in [0.15, 0.2) is 11.6 Å². The lowest BCUT2D eigenvalue weighted by molar-refractivity contribution is -0.134. The SMILES string of the molecule is C/C(=C/C(=O)O[Si](C)(C)C)CC(=O)O[Si](C)(C)C. The molecule has 0 atom stereocenters. The summed E-state index contributed by atoms with van der Waals surface area (Å²) in [6.45, 7) is 13.4. The first-order valence-corrected chi connectivity index (χ1v) is 12.8. The van der Waals surface area contributed by atoms with E-state index in [1.165, 1.54) is 6.08 Å². The van der Waals surface area contributed by atoms with Crippen LogP contribution in [0.25, 0.3) is 0 Å². The lowest BCUT2D eigenvalue weighted by Gasteiger charge is -2.18. The Labute approximate surface area is 112 Å². The van der Waals surface area contributed by atoms with Gasteiger partial charge < -0.3 is 8.85 Å². The third-order valence-electron chi connectivity index (χ3n) is 1.61. The molecule has 0 aromatic carbocycles. The highest BCUT2D eigenvalue weighted by molar-refractivity contribution is 6.71. The standard InChI is InChI=1S/C12H24O4Si2/c1-10(8-11(13)15-17(2,3)4)9-12(14)16-18(5,6)7/h8H,9H2,1-7H3/b10-8-. The molecule has 0 bridgehead atoms. The van der Waals surface area contributed by atoms with Gasteiger partial charge in [-0.1, -0.05) is 5.57 Å². The first-order chi connectivity index (χ1) is 7.89. The molecule has 0 amide bonds. The fourth-order valence-corrected chi connectivity index (χ4v) is 2.61. The summed E-state index contributed by atoms with van der Waals surface area (Å²) in [6, 6.07) is 0. The van der Waals surface area contributed by atoms with Crippen LogP contribution in [0.2, 0.25) is 39.3 Å². The van der Waals surface area contributed by atoms with Crippen molar-refractivity contribution in [2.45, 2.75) is 52.6 Å². The summed E-state index contributed by atoms with van der Waals surface area (Å²) in [7, 11) is -3.72. The van der Waals surface area contributed by atoms with Gasteiger partial charge >= 0.3 is 5.97 Å². The van der Waals surface area contributed by atoms with Gasteiger partial charge in [0, 0.05) is 6.08 Å². The maximum atomic E-state index is 11.6. The summed E-state index contributed by atoms with van der Waals surface area (Å²) < 4.78 is 10.6. The van der Waals surface area contributed by atoms with Crippen LogP contribution in [0.3, 0.4) is 0 Å². The van der Waals surface area contributed by atoms with E-state index in [-0.39, 0.29) is 18.4 Å². The number of rotatable bonds is 5. The van der Waals surface area contributed by atoms with Crippen LogP contribution in [-0.4, -0.2) is 28.6 Å². The van der Waals surface area contributed by atoms with Gasteiger partial charge in [-0.25, -0.2) is 4.79 Å². The second-order valence-electron chi connectivity index (χ2n) is 6.29. The molecular formula is C12H24O4Si2. The molecule has 0 aliphatic heterocycles. The molecule has 0 aromatic rings. The molecule has 0 fully saturated rings. The average Bonchev–Trinajstić information content (AvgIpc) is 1.92. The summed E-state index contributed by atoms with van der Waals surface area (Å²) >= 11 is 0. The van der Waals surface area contributed by atoms with Gasteiger partial charge in [0.2, 0.25) is 16.6 Å². The zero-order valence-corrected chi connectivity index (χ0v) is 14.4. The largest absolute Gasteiger partial charge is 0.520 e. The third-order valence-corrected chi connectivity index (χ3v) is 3.27. The van der Waals surface area contributed by atoms with Gasteiger partial charge in [-0.3, -0.25) is 4.79 Å².